The average Bonchev–Trinajstić information content (AvgIpc) is 3.13. The van der Waals surface area contributed by atoms with Crippen molar-refractivity contribution < 1.29 is 14.3 Å². The smallest absolute Gasteiger partial charge is 0.413 e. The molecule has 1 N–H and O–H groups in total. The Kier molecular flexibility index (Phi) is 7.02. The molecule has 0 radical (unpaired) electrons. The van der Waals surface area contributed by atoms with E-state index in [9.17, 15) is 4.79 Å². The largest absolute Gasteiger partial charge is 0.444 e. The molecule has 0 spiro atoms. The average molecular weight is 420 g/mol. The van der Waals surface area contributed by atoms with Gasteiger partial charge in [0.05, 0.1) is 13.2 Å². The molecule has 1 aliphatic rings. The zero-order chi connectivity index (χ0) is 20.9. The Labute approximate surface area is 175 Å². The highest BCUT2D eigenvalue weighted by Gasteiger charge is 2.19. The molecule has 0 bridgehead atoms. The fourth-order valence-corrected chi connectivity index (χ4v) is 3.73. The molecular formula is C20H29N5O3S. The van der Waals surface area contributed by atoms with Crippen LogP contribution in [0.5, 0.6) is 0 Å². The molecule has 0 aliphatic carbocycles. The molecule has 0 aromatic carbocycles. The SMILES string of the molecule is CCc1nnc(CCc2cc(N3CCOCC3)cc(NC(=O)OC(C)(C)C)n2)s1. The molecule has 0 atom stereocenters. The topological polar surface area (TPSA) is 89.5 Å². The lowest BCUT2D eigenvalue weighted by molar-refractivity contribution is 0.0635. The van der Waals surface area contributed by atoms with Crippen LogP contribution in [0.4, 0.5) is 16.3 Å². The van der Waals surface area contributed by atoms with Crippen molar-refractivity contribution in [2.45, 2.75) is 52.6 Å². The van der Waals surface area contributed by atoms with Gasteiger partial charge < -0.3 is 14.4 Å². The third-order valence-electron chi connectivity index (χ3n) is 4.27. The van der Waals surface area contributed by atoms with Gasteiger partial charge in [-0.25, -0.2) is 9.78 Å². The van der Waals surface area contributed by atoms with Gasteiger partial charge in [-0.15, -0.1) is 21.5 Å². The molecule has 29 heavy (non-hydrogen) atoms. The lowest BCUT2D eigenvalue weighted by Gasteiger charge is -2.29. The van der Waals surface area contributed by atoms with Gasteiger partial charge in [-0.1, -0.05) is 6.92 Å². The number of nitrogens with zero attached hydrogens (tertiary/aromatic N) is 4. The Morgan fingerprint density at radius 2 is 1.93 bits per heavy atom. The fraction of sp³-hybridized carbons (Fsp3) is 0.600. The third-order valence-corrected chi connectivity index (χ3v) is 5.40. The zero-order valence-corrected chi connectivity index (χ0v) is 18.3. The first-order valence-corrected chi connectivity index (χ1v) is 10.8. The predicted molar refractivity (Wildman–Crippen MR) is 114 cm³/mol. The number of aromatic nitrogens is 3. The summed E-state index contributed by atoms with van der Waals surface area (Å²) in [7, 11) is 0. The van der Waals surface area contributed by atoms with E-state index in [1.54, 1.807) is 11.3 Å². The summed E-state index contributed by atoms with van der Waals surface area (Å²) in [6.45, 7) is 10.6. The minimum Gasteiger partial charge on any atom is -0.444 e. The molecule has 8 nitrogen and oxygen atoms in total. The van der Waals surface area contributed by atoms with Crippen molar-refractivity contribution in [3.8, 4) is 0 Å². The van der Waals surface area contributed by atoms with E-state index in [0.29, 0.717) is 19.0 Å². The maximum absolute atomic E-state index is 12.2. The van der Waals surface area contributed by atoms with E-state index in [2.05, 4.69) is 38.4 Å². The third kappa shape index (κ3) is 6.64. The quantitative estimate of drug-likeness (QED) is 0.767. The molecule has 1 aliphatic heterocycles. The van der Waals surface area contributed by atoms with E-state index in [-0.39, 0.29) is 0 Å². The number of aryl methyl sites for hydroxylation is 3. The highest BCUT2D eigenvalue weighted by molar-refractivity contribution is 7.11. The van der Waals surface area contributed by atoms with Crippen LogP contribution in [-0.2, 0) is 28.7 Å². The highest BCUT2D eigenvalue weighted by atomic mass is 32.1. The summed E-state index contributed by atoms with van der Waals surface area (Å²) in [5.41, 5.74) is 1.35. The van der Waals surface area contributed by atoms with Crippen LogP contribution < -0.4 is 10.2 Å². The maximum Gasteiger partial charge on any atom is 0.413 e. The highest BCUT2D eigenvalue weighted by Crippen LogP contribution is 2.23. The van der Waals surface area contributed by atoms with Crippen molar-refractivity contribution in [3.63, 3.8) is 0 Å². The number of hydrogen-bond acceptors (Lipinski definition) is 8. The molecule has 1 saturated heterocycles. The van der Waals surface area contributed by atoms with Crippen molar-refractivity contribution in [2.24, 2.45) is 0 Å². The van der Waals surface area contributed by atoms with E-state index in [4.69, 9.17) is 9.47 Å². The van der Waals surface area contributed by atoms with Crippen LogP contribution in [0.15, 0.2) is 12.1 Å². The number of morpholine rings is 1. The summed E-state index contributed by atoms with van der Waals surface area (Å²) in [6, 6.07) is 3.96. The second-order valence-corrected chi connectivity index (χ2v) is 9.02. The number of nitrogens with one attached hydrogen (secondary N) is 1. The number of anilines is 2. The molecule has 158 valence electrons. The number of amides is 1. The second-order valence-electron chi connectivity index (χ2n) is 7.87. The van der Waals surface area contributed by atoms with Gasteiger partial charge in [0, 0.05) is 37.0 Å². The second kappa shape index (κ2) is 9.49. The molecule has 1 fully saturated rings. The van der Waals surface area contributed by atoms with E-state index in [1.807, 2.05) is 26.8 Å². The van der Waals surface area contributed by atoms with Crippen molar-refractivity contribution in [3.05, 3.63) is 27.8 Å². The molecule has 0 unspecified atom stereocenters. The Morgan fingerprint density at radius 3 is 2.59 bits per heavy atom. The lowest BCUT2D eigenvalue weighted by Crippen LogP contribution is -2.36. The maximum atomic E-state index is 12.2. The number of pyridine rings is 1. The van der Waals surface area contributed by atoms with Crippen molar-refractivity contribution in [2.75, 3.05) is 36.5 Å². The summed E-state index contributed by atoms with van der Waals surface area (Å²) >= 11 is 1.64. The summed E-state index contributed by atoms with van der Waals surface area (Å²) in [5, 5.41) is 13.3. The van der Waals surface area contributed by atoms with Gasteiger partial charge in [0.15, 0.2) is 0 Å². The van der Waals surface area contributed by atoms with Crippen LogP contribution in [-0.4, -0.2) is 53.2 Å². The fourth-order valence-electron chi connectivity index (χ4n) is 2.94. The van der Waals surface area contributed by atoms with Crippen molar-refractivity contribution >= 4 is 28.9 Å². The Hall–Kier alpha value is -2.26. The first kappa shape index (κ1) is 21.4. The molecule has 2 aromatic rings. The van der Waals surface area contributed by atoms with E-state index in [1.165, 1.54) is 0 Å². The van der Waals surface area contributed by atoms with Gasteiger partial charge in [-0.05, 0) is 39.7 Å². The number of ether oxygens (including phenoxy) is 2. The molecule has 0 saturated carbocycles. The minimum absolute atomic E-state index is 0.491. The normalized spacial score (nSPS) is 14.7. The van der Waals surface area contributed by atoms with Crippen molar-refractivity contribution in [1.82, 2.24) is 15.2 Å². The number of carbonyl (C=O) groups excluding carboxylic acids is 1. The number of carbonyl (C=O) groups is 1. The number of rotatable bonds is 6. The Bertz CT molecular complexity index is 828. The first-order chi connectivity index (χ1) is 13.8. The van der Waals surface area contributed by atoms with Crippen LogP contribution in [0, 0.1) is 0 Å². The number of hydrogen-bond donors (Lipinski definition) is 1. The zero-order valence-electron chi connectivity index (χ0n) is 17.5. The van der Waals surface area contributed by atoms with Crippen LogP contribution in [0.25, 0.3) is 0 Å². The van der Waals surface area contributed by atoms with E-state index >= 15 is 0 Å². The van der Waals surface area contributed by atoms with Gasteiger partial charge in [0.2, 0.25) is 0 Å². The lowest BCUT2D eigenvalue weighted by atomic mass is 10.2. The van der Waals surface area contributed by atoms with E-state index in [0.717, 1.165) is 53.7 Å². The molecular weight excluding hydrogens is 390 g/mol. The van der Waals surface area contributed by atoms with Crippen LogP contribution >= 0.6 is 11.3 Å². The van der Waals surface area contributed by atoms with Gasteiger partial charge in [0.1, 0.15) is 21.4 Å². The van der Waals surface area contributed by atoms with Crippen LogP contribution in [0.3, 0.4) is 0 Å². The molecule has 3 rings (SSSR count). The predicted octanol–water partition coefficient (Wildman–Crippen LogP) is 3.46. The van der Waals surface area contributed by atoms with Gasteiger partial charge in [-0.3, -0.25) is 5.32 Å². The van der Waals surface area contributed by atoms with Gasteiger partial charge >= 0.3 is 6.09 Å². The molecule has 9 heteroatoms. The summed E-state index contributed by atoms with van der Waals surface area (Å²) < 4.78 is 10.8. The standard InChI is InChI=1S/C20H29N5O3S/c1-5-17-23-24-18(29-17)7-6-14-12-15(25-8-10-27-11-9-25)13-16(21-14)22-19(26)28-20(2,3)4/h12-13H,5-11H2,1-4H3,(H,21,22,26). The Balaban J connectivity index is 1.76. The first-order valence-electron chi connectivity index (χ1n) is 9.97. The molecule has 1 amide bonds. The van der Waals surface area contributed by atoms with Crippen LogP contribution in [0.2, 0.25) is 0 Å². The van der Waals surface area contributed by atoms with Crippen molar-refractivity contribution in [1.29, 1.82) is 0 Å². The molecule has 3 heterocycles. The molecule has 2 aromatic heterocycles. The summed E-state index contributed by atoms with van der Waals surface area (Å²) in [5.74, 6) is 0.491. The van der Waals surface area contributed by atoms with E-state index < -0.39 is 11.7 Å². The van der Waals surface area contributed by atoms with Gasteiger partial charge in [0.25, 0.3) is 0 Å². The Morgan fingerprint density at radius 1 is 1.21 bits per heavy atom. The monoisotopic (exact) mass is 419 g/mol. The van der Waals surface area contributed by atoms with Gasteiger partial charge in [-0.2, -0.15) is 0 Å². The van der Waals surface area contributed by atoms with Crippen LogP contribution in [0.1, 0.15) is 43.4 Å². The summed E-state index contributed by atoms with van der Waals surface area (Å²) in [4.78, 5) is 19.1. The summed E-state index contributed by atoms with van der Waals surface area (Å²) in [6.07, 6.45) is 1.88. The minimum atomic E-state index is -0.566.